The lowest BCUT2D eigenvalue weighted by Gasteiger charge is -2.25. The highest BCUT2D eigenvalue weighted by Gasteiger charge is 2.21. The van der Waals surface area contributed by atoms with E-state index >= 15 is 0 Å². The van der Waals surface area contributed by atoms with Crippen molar-refractivity contribution in [3.05, 3.63) is 17.7 Å². The summed E-state index contributed by atoms with van der Waals surface area (Å²) in [5.41, 5.74) is 8.21. The fourth-order valence-electron chi connectivity index (χ4n) is 1.98. The molecule has 1 heterocycles. The summed E-state index contributed by atoms with van der Waals surface area (Å²) in [6.07, 6.45) is 2.67. The Kier molecular flexibility index (Phi) is 4.50. The van der Waals surface area contributed by atoms with E-state index in [0.29, 0.717) is 5.92 Å². The number of aliphatic hydroxyl groups is 1. The lowest BCUT2D eigenvalue weighted by atomic mass is 9.98. The van der Waals surface area contributed by atoms with Gasteiger partial charge in [-0.15, -0.1) is 0 Å². The molecule has 0 aliphatic heterocycles. The molecule has 1 aromatic rings. The van der Waals surface area contributed by atoms with Crippen LogP contribution in [0.1, 0.15) is 37.7 Å². The van der Waals surface area contributed by atoms with E-state index < -0.39 is 0 Å². The molecule has 2 atom stereocenters. The molecule has 0 radical (unpaired) electrons. The minimum atomic E-state index is -0.0661. The third kappa shape index (κ3) is 2.83. The Morgan fingerprint density at radius 2 is 2.06 bits per heavy atom. The average Bonchev–Trinajstić information content (AvgIpc) is 2.50. The number of rotatable bonds is 5. The van der Waals surface area contributed by atoms with Gasteiger partial charge in [0.1, 0.15) is 0 Å². The number of aromatic nitrogens is 2. The van der Waals surface area contributed by atoms with Crippen LogP contribution in [0.3, 0.4) is 0 Å². The van der Waals surface area contributed by atoms with Gasteiger partial charge in [0.25, 0.3) is 0 Å². The lowest BCUT2D eigenvalue weighted by Crippen LogP contribution is -2.36. The minimum Gasteiger partial charge on any atom is -0.394 e. The van der Waals surface area contributed by atoms with Gasteiger partial charge in [-0.25, -0.2) is 4.98 Å². The van der Waals surface area contributed by atoms with Crippen LogP contribution in [0.2, 0.25) is 0 Å². The predicted molar refractivity (Wildman–Crippen MR) is 65.3 cm³/mol. The maximum atomic E-state index is 9.47. The smallest absolute Gasteiger partial charge is 0.0955 e. The second-order valence-electron chi connectivity index (χ2n) is 4.87. The highest BCUT2D eigenvalue weighted by atomic mass is 16.3. The Morgan fingerprint density at radius 1 is 1.44 bits per heavy atom. The molecule has 0 fully saturated rings. The van der Waals surface area contributed by atoms with Gasteiger partial charge in [-0.05, 0) is 26.2 Å². The van der Waals surface area contributed by atoms with E-state index in [1.165, 1.54) is 0 Å². The van der Waals surface area contributed by atoms with Crippen molar-refractivity contribution in [2.45, 2.75) is 46.2 Å². The molecule has 1 rings (SSSR count). The molecule has 0 bridgehead atoms. The van der Waals surface area contributed by atoms with Crippen LogP contribution in [0.25, 0.3) is 0 Å². The van der Waals surface area contributed by atoms with Crippen molar-refractivity contribution in [3.8, 4) is 0 Å². The van der Waals surface area contributed by atoms with E-state index in [4.69, 9.17) is 5.73 Å². The van der Waals surface area contributed by atoms with Crippen LogP contribution in [0.15, 0.2) is 6.33 Å². The van der Waals surface area contributed by atoms with Crippen molar-refractivity contribution in [1.82, 2.24) is 9.55 Å². The van der Waals surface area contributed by atoms with Gasteiger partial charge in [0.15, 0.2) is 0 Å². The SMILES string of the molecule is Cc1ncn(C(CO)C(N)CC(C)C)c1C. The molecule has 0 aliphatic rings. The summed E-state index contributed by atoms with van der Waals surface area (Å²) in [4.78, 5) is 4.24. The molecular formula is C12H23N3O. The summed E-state index contributed by atoms with van der Waals surface area (Å²) in [7, 11) is 0. The molecule has 2 unspecified atom stereocenters. The standard InChI is InChI=1S/C12H23N3O/c1-8(2)5-11(13)12(6-16)15-7-14-9(3)10(15)4/h7-8,11-12,16H,5-6,13H2,1-4H3. The van der Waals surface area contributed by atoms with Crippen LogP contribution in [0.5, 0.6) is 0 Å². The summed E-state index contributed by atoms with van der Waals surface area (Å²) in [6.45, 7) is 8.31. The lowest BCUT2D eigenvalue weighted by molar-refractivity contribution is 0.195. The molecular weight excluding hydrogens is 202 g/mol. The number of nitrogens with two attached hydrogens (primary N) is 1. The quantitative estimate of drug-likeness (QED) is 0.796. The highest BCUT2D eigenvalue weighted by molar-refractivity contribution is 5.10. The Morgan fingerprint density at radius 3 is 2.44 bits per heavy atom. The molecule has 1 aromatic heterocycles. The Balaban J connectivity index is 2.85. The van der Waals surface area contributed by atoms with E-state index in [-0.39, 0.29) is 18.7 Å². The Bertz CT molecular complexity index is 333. The van der Waals surface area contributed by atoms with E-state index in [1.54, 1.807) is 6.33 Å². The number of hydrogen-bond acceptors (Lipinski definition) is 3. The molecule has 3 N–H and O–H groups in total. The third-order valence-electron chi connectivity index (χ3n) is 3.07. The van der Waals surface area contributed by atoms with Crippen molar-refractivity contribution in [1.29, 1.82) is 0 Å². The normalized spacial score (nSPS) is 15.4. The van der Waals surface area contributed by atoms with Crippen LogP contribution in [-0.4, -0.2) is 27.3 Å². The first-order valence-electron chi connectivity index (χ1n) is 5.83. The predicted octanol–water partition coefficient (Wildman–Crippen LogP) is 1.41. The zero-order valence-corrected chi connectivity index (χ0v) is 10.6. The first kappa shape index (κ1) is 13.2. The molecule has 0 aromatic carbocycles. The summed E-state index contributed by atoms with van der Waals surface area (Å²) >= 11 is 0. The fraction of sp³-hybridized carbons (Fsp3) is 0.750. The van der Waals surface area contributed by atoms with Crippen LogP contribution < -0.4 is 5.73 Å². The average molecular weight is 225 g/mol. The maximum absolute atomic E-state index is 9.47. The van der Waals surface area contributed by atoms with Gasteiger partial charge in [-0.2, -0.15) is 0 Å². The Hall–Kier alpha value is -0.870. The molecule has 0 spiro atoms. The highest BCUT2D eigenvalue weighted by Crippen LogP contribution is 2.19. The zero-order valence-electron chi connectivity index (χ0n) is 10.6. The second-order valence-corrected chi connectivity index (χ2v) is 4.87. The van der Waals surface area contributed by atoms with Gasteiger partial charge in [0.2, 0.25) is 0 Å². The van der Waals surface area contributed by atoms with E-state index in [1.807, 2.05) is 18.4 Å². The molecule has 0 amide bonds. The molecule has 4 heteroatoms. The number of aliphatic hydroxyl groups excluding tert-OH is 1. The molecule has 4 nitrogen and oxygen atoms in total. The van der Waals surface area contributed by atoms with Crippen molar-refractivity contribution in [2.24, 2.45) is 11.7 Å². The van der Waals surface area contributed by atoms with Gasteiger partial charge in [0, 0.05) is 11.7 Å². The van der Waals surface area contributed by atoms with Gasteiger partial charge >= 0.3 is 0 Å². The van der Waals surface area contributed by atoms with E-state index in [0.717, 1.165) is 17.8 Å². The molecule has 0 aliphatic carbocycles. The monoisotopic (exact) mass is 225 g/mol. The summed E-state index contributed by atoms with van der Waals surface area (Å²) in [6, 6.07) is -0.0964. The number of hydrogen-bond donors (Lipinski definition) is 2. The van der Waals surface area contributed by atoms with Crippen molar-refractivity contribution in [2.75, 3.05) is 6.61 Å². The first-order valence-corrected chi connectivity index (χ1v) is 5.83. The summed E-state index contributed by atoms with van der Waals surface area (Å²) < 4.78 is 1.99. The minimum absolute atomic E-state index is 0.0303. The largest absolute Gasteiger partial charge is 0.394 e. The number of aryl methyl sites for hydroxylation is 1. The van der Waals surface area contributed by atoms with Crippen LogP contribution in [0, 0.1) is 19.8 Å². The molecule has 16 heavy (non-hydrogen) atoms. The summed E-state index contributed by atoms with van der Waals surface area (Å²) in [5, 5.41) is 9.47. The number of nitrogens with zero attached hydrogens (tertiary/aromatic N) is 2. The van der Waals surface area contributed by atoms with Crippen LogP contribution in [0.4, 0.5) is 0 Å². The third-order valence-corrected chi connectivity index (χ3v) is 3.07. The van der Waals surface area contributed by atoms with E-state index in [2.05, 4.69) is 18.8 Å². The molecule has 0 saturated heterocycles. The topological polar surface area (TPSA) is 64.1 Å². The van der Waals surface area contributed by atoms with Gasteiger partial charge in [-0.1, -0.05) is 13.8 Å². The number of imidazole rings is 1. The van der Waals surface area contributed by atoms with Gasteiger partial charge < -0.3 is 15.4 Å². The van der Waals surface area contributed by atoms with Crippen molar-refractivity contribution < 1.29 is 5.11 Å². The van der Waals surface area contributed by atoms with Crippen LogP contribution in [-0.2, 0) is 0 Å². The van der Waals surface area contributed by atoms with Crippen molar-refractivity contribution in [3.63, 3.8) is 0 Å². The maximum Gasteiger partial charge on any atom is 0.0955 e. The molecule has 92 valence electrons. The summed E-state index contributed by atoms with van der Waals surface area (Å²) in [5.74, 6) is 0.536. The first-order chi connectivity index (χ1) is 7.47. The zero-order chi connectivity index (χ0) is 12.3. The second kappa shape index (κ2) is 5.46. The molecule has 0 saturated carbocycles. The van der Waals surface area contributed by atoms with E-state index in [9.17, 15) is 5.11 Å². The van der Waals surface area contributed by atoms with Crippen molar-refractivity contribution >= 4 is 0 Å². The fourth-order valence-corrected chi connectivity index (χ4v) is 1.98. The Labute approximate surface area is 97.5 Å². The van der Waals surface area contributed by atoms with Crippen LogP contribution >= 0.6 is 0 Å². The van der Waals surface area contributed by atoms with Gasteiger partial charge in [0.05, 0.1) is 24.7 Å². The van der Waals surface area contributed by atoms with Gasteiger partial charge in [-0.3, -0.25) is 0 Å².